The molecule has 3 nitrogen and oxygen atoms in total. The summed E-state index contributed by atoms with van der Waals surface area (Å²) in [7, 11) is 0. The van der Waals surface area contributed by atoms with Crippen LogP contribution in [0.2, 0.25) is 0 Å². The molecule has 0 saturated heterocycles. The molecule has 0 saturated carbocycles. The minimum absolute atomic E-state index is 0.167. The van der Waals surface area contributed by atoms with Gasteiger partial charge in [-0.1, -0.05) is 6.92 Å². The topological polar surface area (TPSA) is 32.7 Å². The van der Waals surface area contributed by atoms with E-state index in [0.29, 0.717) is 13.2 Å². The van der Waals surface area contributed by atoms with Crippen molar-refractivity contribution in [2.45, 2.75) is 20.3 Å². The van der Waals surface area contributed by atoms with Crippen LogP contribution < -0.4 is 0 Å². The second-order valence-corrected chi connectivity index (χ2v) is 2.07. The van der Waals surface area contributed by atoms with E-state index in [1.54, 1.807) is 5.06 Å². The molecule has 62 valence electrons. The summed E-state index contributed by atoms with van der Waals surface area (Å²) in [6, 6.07) is 0. The predicted molar refractivity (Wildman–Crippen MR) is 40.6 cm³/mol. The molecule has 0 aromatic rings. The fourth-order valence-corrected chi connectivity index (χ4v) is 0.784. The Morgan fingerprint density at radius 2 is 2.00 bits per heavy atom. The van der Waals surface area contributed by atoms with Crippen molar-refractivity contribution in [3.8, 4) is 0 Å². The zero-order valence-corrected chi connectivity index (χ0v) is 6.84. The van der Waals surface area contributed by atoms with Crippen LogP contribution in [-0.2, 0) is 4.84 Å². The van der Waals surface area contributed by atoms with Gasteiger partial charge in [0.05, 0.1) is 13.2 Å². The molecular weight excluding hydrogens is 130 g/mol. The van der Waals surface area contributed by atoms with E-state index in [1.165, 1.54) is 0 Å². The van der Waals surface area contributed by atoms with Gasteiger partial charge in [0.15, 0.2) is 0 Å². The van der Waals surface area contributed by atoms with Crippen molar-refractivity contribution in [3.05, 3.63) is 0 Å². The van der Waals surface area contributed by atoms with E-state index in [-0.39, 0.29) is 6.61 Å². The summed E-state index contributed by atoms with van der Waals surface area (Å²) in [6.07, 6.45) is 1.06. The number of hydrogen-bond acceptors (Lipinski definition) is 3. The minimum Gasteiger partial charge on any atom is -0.395 e. The molecule has 0 heterocycles. The summed E-state index contributed by atoms with van der Waals surface area (Å²) in [6.45, 7) is 6.39. The summed E-state index contributed by atoms with van der Waals surface area (Å²) < 4.78 is 0. The minimum atomic E-state index is 0.167. The Bertz CT molecular complexity index is 54.4. The number of hydroxylamine groups is 2. The van der Waals surface area contributed by atoms with E-state index in [2.05, 4.69) is 6.92 Å². The fourth-order valence-electron chi connectivity index (χ4n) is 0.784. The summed E-state index contributed by atoms with van der Waals surface area (Å²) in [4.78, 5) is 5.20. The lowest BCUT2D eigenvalue weighted by Gasteiger charge is -2.18. The first-order valence-corrected chi connectivity index (χ1v) is 3.83. The van der Waals surface area contributed by atoms with Gasteiger partial charge in [-0.25, -0.2) is 0 Å². The molecule has 0 rings (SSSR count). The van der Waals surface area contributed by atoms with Gasteiger partial charge >= 0.3 is 0 Å². The van der Waals surface area contributed by atoms with Crippen molar-refractivity contribution in [2.75, 3.05) is 26.3 Å². The van der Waals surface area contributed by atoms with Gasteiger partial charge in [-0.05, 0) is 13.3 Å². The van der Waals surface area contributed by atoms with Gasteiger partial charge in [0.25, 0.3) is 0 Å². The van der Waals surface area contributed by atoms with Gasteiger partial charge in [-0.3, -0.25) is 4.84 Å². The molecule has 0 aliphatic carbocycles. The zero-order chi connectivity index (χ0) is 7.82. The fraction of sp³-hybridized carbons (Fsp3) is 1.00. The smallest absolute Gasteiger partial charge is 0.0656 e. The summed E-state index contributed by atoms with van der Waals surface area (Å²) in [5.41, 5.74) is 0. The first kappa shape index (κ1) is 9.88. The van der Waals surface area contributed by atoms with E-state index >= 15 is 0 Å². The SMILES string of the molecule is CCCN(CCO)OCC. The van der Waals surface area contributed by atoms with E-state index in [0.717, 1.165) is 13.0 Å². The lowest BCUT2D eigenvalue weighted by molar-refractivity contribution is -0.159. The standard InChI is InChI=1S/C7H17NO2/c1-3-5-8(6-7-9)10-4-2/h9H,3-7H2,1-2H3. The first-order chi connectivity index (χ1) is 4.85. The van der Waals surface area contributed by atoms with Crippen LogP contribution in [0.4, 0.5) is 0 Å². The maximum Gasteiger partial charge on any atom is 0.0656 e. The molecule has 0 bridgehead atoms. The third-order valence-electron chi connectivity index (χ3n) is 1.13. The maximum absolute atomic E-state index is 8.57. The van der Waals surface area contributed by atoms with Gasteiger partial charge in [-0.2, -0.15) is 5.06 Å². The molecule has 0 unspecified atom stereocenters. The van der Waals surface area contributed by atoms with Crippen molar-refractivity contribution >= 4 is 0 Å². The predicted octanol–water partition coefficient (Wildman–Crippen LogP) is 0.642. The van der Waals surface area contributed by atoms with Crippen molar-refractivity contribution in [1.29, 1.82) is 0 Å². The average molecular weight is 147 g/mol. The summed E-state index contributed by atoms with van der Waals surface area (Å²) in [5.74, 6) is 0. The Balaban J connectivity index is 3.30. The highest BCUT2D eigenvalue weighted by Crippen LogP contribution is 1.91. The van der Waals surface area contributed by atoms with Crippen LogP contribution in [0.5, 0.6) is 0 Å². The average Bonchev–Trinajstić information content (AvgIpc) is 1.90. The molecular formula is C7H17NO2. The van der Waals surface area contributed by atoms with E-state index in [1.807, 2.05) is 6.92 Å². The molecule has 1 N–H and O–H groups in total. The normalized spacial score (nSPS) is 10.8. The van der Waals surface area contributed by atoms with Crippen molar-refractivity contribution in [3.63, 3.8) is 0 Å². The van der Waals surface area contributed by atoms with Crippen molar-refractivity contribution in [1.82, 2.24) is 5.06 Å². The van der Waals surface area contributed by atoms with E-state index < -0.39 is 0 Å². The number of rotatable bonds is 6. The van der Waals surface area contributed by atoms with Crippen molar-refractivity contribution in [2.24, 2.45) is 0 Å². The molecule has 0 fully saturated rings. The number of hydrogen-bond donors (Lipinski definition) is 1. The molecule has 0 aliphatic rings. The zero-order valence-electron chi connectivity index (χ0n) is 6.84. The molecule has 0 aromatic carbocycles. The molecule has 10 heavy (non-hydrogen) atoms. The van der Waals surface area contributed by atoms with Crippen LogP contribution in [0, 0.1) is 0 Å². The number of aliphatic hydroxyl groups is 1. The van der Waals surface area contributed by atoms with Gasteiger partial charge in [0.1, 0.15) is 0 Å². The Kier molecular flexibility index (Phi) is 6.91. The summed E-state index contributed by atoms with van der Waals surface area (Å²) in [5, 5.41) is 10.4. The molecule has 0 radical (unpaired) electrons. The lowest BCUT2D eigenvalue weighted by Crippen LogP contribution is -2.27. The van der Waals surface area contributed by atoms with Gasteiger partial charge in [-0.15, -0.1) is 0 Å². The lowest BCUT2D eigenvalue weighted by atomic mass is 10.5. The Labute approximate surface area is 62.6 Å². The van der Waals surface area contributed by atoms with Crippen LogP contribution in [0.1, 0.15) is 20.3 Å². The van der Waals surface area contributed by atoms with Crippen LogP contribution in [0.25, 0.3) is 0 Å². The van der Waals surface area contributed by atoms with Crippen LogP contribution in [0.15, 0.2) is 0 Å². The molecule has 0 amide bonds. The van der Waals surface area contributed by atoms with Gasteiger partial charge in [0.2, 0.25) is 0 Å². The summed E-state index contributed by atoms with van der Waals surface area (Å²) >= 11 is 0. The third kappa shape index (κ3) is 4.73. The highest BCUT2D eigenvalue weighted by atomic mass is 16.7. The van der Waals surface area contributed by atoms with Crippen LogP contribution in [0.3, 0.4) is 0 Å². The van der Waals surface area contributed by atoms with E-state index in [4.69, 9.17) is 9.94 Å². The van der Waals surface area contributed by atoms with Gasteiger partial charge < -0.3 is 5.11 Å². The molecule has 0 aromatic heterocycles. The quantitative estimate of drug-likeness (QED) is 0.560. The van der Waals surface area contributed by atoms with Gasteiger partial charge in [0, 0.05) is 13.1 Å². The number of aliphatic hydroxyl groups excluding tert-OH is 1. The van der Waals surface area contributed by atoms with E-state index in [9.17, 15) is 0 Å². The second kappa shape index (κ2) is 6.99. The third-order valence-corrected chi connectivity index (χ3v) is 1.13. The highest BCUT2D eigenvalue weighted by molar-refractivity contribution is 4.41. The Morgan fingerprint density at radius 3 is 2.40 bits per heavy atom. The first-order valence-electron chi connectivity index (χ1n) is 3.83. The second-order valence-electron chi connectivity index (χ2n) is 2.07. The molecule has 0 atom stereocenters. The largest absolute Gasteiger partial charge is 0.395 e. The maximum atomic E-state index is 8.57. The highest BCUT2D eigenvalue weighted by Gasteiger charge is 1.99. The molecule has 3 heteroatoms. The molecule has 0 aliphatic heterocycles. The Morgan fingerprint density at radius 1 is 1.30 bits per heavy atom. The van der Waals surface area contributed by atoms with Crippen LogP contribution >= 0.6 is 0 Å². The van der Waals surface area contributed by atoms with Crippen molar-refractivity contribution < 1.29 is 9.94 Å². The monoisotopic (exact) mass is 147 g/mol. The molecule has 0 spiro atoms. The van der Waals surface area contributed by atoms with Crippen LogP contribution in [-0.4, -0.2) is 36.5 Å². The number of nitrogens with zero attached hydrogens (tertiary/aromatic N) is 1. The Hall–Kier alpha value is -0.120.